The van der Waals surface area contributed by atoms with Crippen molar-refractivity contribution < 1.29 is 9.66 Å². The number of hydrogen-bond acceptors (Lipinski definition) is 5. The van der Waals surface area contributed by atoms with Crippen molar-refractivity contribution in [2.75, 3.05) is 0 Å². The van der Waals surface area contributed by atoms with Gasteiger partial charge in [-0.15, -0.1) is 0 Å². The molecule has 114 valence electrons. The second kappa shape index (κ2) is 6.07. The zero-order valence-corrected chi connectivity index (χ0v) is 12.3. The van der Waals surface area contributed by atoms with E-state index in [1.165, 1.54) is 6.07 Å². The van der Waals surface area contributed by atoms with Crippen LogP contribution in [0.1, 0.15) is 11.1 Å². The van der Waals surface area contributed by atoms with Crippen LogP contribution in [-0.4, -0.2) is 4.92 Å². The number of nitro benzene ring substituents is 1. The summed E-state index contributed by atoms with van der Waals surface area (Å²) in [7, 11) is 0. The Morgan fingerprint density at radius 2 is 1.58 bits per heavy atom. The Balaban J connectivity index is 2.17. The number of benzene rings is 3. The van der Waals surface area contributed by atoms with Gasteiger partial charge in [0.25, 0.3) is 0 Å². The Morgan fingerprint density at radius 1 is 0.917 bits per heavy atom. The Kier molecular flexibility index (Phi) is 3.80. The normalized spacial score (nSPS) is 9.92. The summed E-state index contributed by atoms with van der Waals surface area (Å²) in [6, 6.07) is 18.7. The number of nitrogens with zero attached hydrogens (tertiary/aromatic N) is 3. The summed E-state index contributed by atoms with van der Waals surface area (Å²) in [5, 5.41) is 31.1. The van der Waals surface area contributed by atoms with Crippen molar-refractivity contribution in [2.45, 2.75) is 0 Å². The van der Waals surface area contributed by atoms with Gasteiger partial charge >= 0.3 is 5.69 Å². The highest BCUT2D eigenvalue weighted by molar-refractivity contribution is 5.88. The molecule has 0 aromatic heterocycles. The fourth-order valence-electron chi connectivity index (χ4n) is 2.38. The second-order valence-electron chi connectivity index (χ2n) is 4.93. The molecule has 0 N–H and O–H groups in total. The number of hydrogen-bond donors (Lipinski definition) is 0. The van der Waals surface area contributed by atoms with Gasteiger partial charge in [-0.25, -0.2) is 0 Å². The molecule has 6 heteroatoms. The molecule has 6 nitrogen and oxygen atoms in total. The Bertz CT molecular complexity index is 1040. The molecule has 0 fully saturated rings. The second-order valence-corrected chi connectivity index (χ2v) is 4.93. The van der Waals surface area contributed by atoms with Crippen LogP contribution in [-0.2, 0) is 0 Å². The van der Waals surface area contributed by atoms with Crippen LogP contribution in [0, 0.1) is 32.8 Å². The third-order valence-electron chi connectivity index (χ3n) is 3.51. The predicted octanol–water partition coefficient (Wildman–Crippen LogP) is 4.28. The van der Waals surface area contributed by atoms with E-state index in [9.17, 15) is 10.1 Å². The predicted molar refractivity (Wildman–Crippen MR) is 86.5 cm³/mol. The molecular formula is C18H9N3O3. The fourth-order valence-corrected chi connectivity index (χ4v) is 2.38. The molecule has 0 aliphatic rings. The molecule has 0 spiro atoms. The van der Waals surface area contributed by atoms with Crippen LogP contribution in [0.25, 0.3) is 10.8 Å². The van der Waals surface area contributed by atoms with Gasteiger partial charge in [0.1, 0.15) is 17.9 Å². The van der Waals surface area contributed by atoms with Crippen molar-refractivity contribution in [1.29, 1.82) is 10.5 Å². The van der Waals surface area contributed by atoms with Crippen molar-refractivity contribution >= 4 is 16.5 Å². The number of nitriles is 2. The third-order valence-corrected chi connectivity index (χ3v) is 3.51. The lowest BCUT2D eigenvalue weighted by atomic mass is 10.1. The van der Waals surface area contributed by atoms with Crippen LogP contribution in [0.3, 0.4) is 0 Å². The van der Waals surface area contributed by atoms with Gasteiger partial charge in [0.15, 0.2) is 0 Å². The average Bonchev–Trinajstić information content (AvgIpc) is 2.61. The highest BCUT2D eigenvalue weighted by Gasteiger charge is 2.21. The summed E-state index contributed by atoms with van der Waals surface area (Å²) in [5.41, 5.74) is -0.397. The van der Waals surface area contributed by atoms with Gasteiger partial charge in [-0.2, -0.15) is 10.5 Å². The lowest BCUT2D eigenvalue weighted by molar-refractivity contribution is -0.385. The number of nitro groups is 1. The first-order valence-electron chi connectivity index (χ1n) is 6.92. The van der Waals surface area contributed by atoms with Crippen molar-refractivity contribution in [3.8, 4) is 23.6 Å². The zero-order valence-electron chi connectivity index (χ0n) is 12.3. The minimum Gasteiger partial charge on any atom is -0.449 e. The lowest BCUT2D eigenvalue weighted by Crippen LogP contribution is -1.97. The van der Waals surface area contributed by atoms with Crippen LogP contribution >= 0.6 is 0 Å². The number of rotatable bonds is 3. The average molecular weight is 315 g/mol. The summed E-state index contributed by atoms with van der Waals surface area (Å²) in [4.78, 5) is 10.6. The van der Waals surface area contributed by atoms with Gasteiger partial charge in [-0.1, -0.05) is 36.4 Å². The van der Waals surface area contributed by atoms with Crippen molar-refractivity contribution in [3.05, 3.63) is 75.8 Å². The van der Waals surface area contributed by atoms with Crippen molar-refractivity contribution in [2.24, 2.45) is 0 Å². The summed E-state index contributed by atoms with van der Waals surface area (Å²) in [6.45, 7) is 0. The Morgan fingerprint density at radius 3 is 2.29 bits per heavy atom. The van der Waals surface area contributed by atoms with Crippen molar-refractivity contribution in [3.63, 3.8) is 0 Å². The molecule has 0 saturated heterocycles. The molecule has 0 unspecified atom stereocenters. The highest BCUT2D eigenvalue weighted by Crippen LogP contribution is 2.36. The van der Waals surface area contributed by atoms with Gasteiger partial charge in [0.05, 0.1) is 16.1 Å². The SMILES string of the molecule is N#Cc1cc(Oc2cccc3ccccc23)c([N+](=O)[O-])cc1C#N. The van der Waals surface area contributed by atoms with E-state index in [1.54, 1.807) is 18.2 Å². The molecule has 3 aromatic carbocycles. The van der Waals surface area contributed by atoms with Gasteiger partial charge < -0.3 is 4.74 Å². The summed E-state index contributed by atoms with van der Waals surface area (Å²) < 4.78 is 5.72. The molecule has 0 amide bonds. The third kappa shape index (κ3) is 2.60. The van der Waals surface area contributed by atoms with Crippen LogP contribution < -0.4 is 4.74 Å². The first kappa shape index (κ1) is 15.0. The van der Waals surface area contributed by atoms with E-state index >= 15 is 0 Å². The van der Waals surface area contributed by atoms with E-state index in [0.29, 0.717) is 5.75 Å². The first-order chi connectivity index (χ1) is 11.6. The van der Waals surface area contributed by atoms with Crippen molar-refractivity contribution in [1.82, 2.24) is 0 Å². The van der Waals surface area contributed by atoms with E-state index in [0.717, 1.165) is 16.8 Å². The van der Waals surface area contributed by atoms with E-state index in [4.69, 9.17) is 15.3 Å². The van der Waals surface area contributed by atoms with E-state index < -0.39 is 4.92 Å². The molecule has 0 heterocycles. The Labute approximate surface area is 136 Å². The Hall–Kier alpha value is -3.90. The molecule has 3 aromatic rings. The molecule has 24 heavy (non-hydrogen) atoms. The van der Waals surface area contributed by atoms with E-state index in [1.807, 2.05) is 36.4 Å². The lowest BCUT2D eigenvalue weighted by Gasteiger charge is -2.10. The topological polar surface area (TPSA) is 99.9 Å². The van der Waals surface area contributed by atoms with Gasteiger partial charge in [-0.05, 0) is 11.5 Å². The molecule has 0 aliphatic carbocycles. The van der Waals surface area contributed by atoms with Gasteiger partial charge in [0, 0.05) is 17.5 Å². The smallest absolute Gasteiger partial charge is 0.312 e. The summed E-state index contributed by atoms with van der Waals surface area (Å²) in [6.07, 6.45) is 0. The fraction of sp³-hybridized carbons (Fsp3) is 0. The highest BCUT2D eigenvalue weighted by atomic mass is 16.6. The van der Waals surface area contributed by atoms with Crippen LogP contribution in [0.15, 0.2) is 54.6 Å². The molecular weight excluding hydrogens is 306 g/mol. The molecule has 0 atom stereocenters. The monoisotopic (exact) mass is 315 g/mol. The van der Waals surface area contributed by atoms with E-state index in [-0.39, 0.29) is 22.6 Å². The largest absolute Gasteiger partial charge is 0.449 e. The maximum Gasteiger partial charge on any atom is 0.312 e. The molecule has 0 bridgehead atoms. The molecule has 3 rings (SSSR count). The van der Waals surface area contributed by atoms with Gasteiger partial charge in [0.2, 0.25) is 5.75 Å². The molecule has 0 aliphatic heterocycles. The minimum atomic E-state index is -0.636. The van der Waals surface area contributed by atoms with Crippen LogP contribution in [0.4, 0.5) is 5.69 Å². The van der Waals surface area contributed by atoms with Crippen LogP contribution in [0.5, 0.6) is 11.5 Å². The van der Waals surface area contributed by atoms with Gasteiger partial charge in [-0.3, -0.25) is 10.1 Å². The summed E-state index contributed by atoms with van der Waals surface area (Å²) in [5.74, 6) is 0.358. The maximum atomic E-state index is 11.3. The minimum absolute atomic E-state index is 0.0262. The number of fused-ring (bicyclic) bond motifs is 1. The molecule has 0 radical (unpaired) electrons. The number of ether oxygens (including phenoxy) is 1. The van der Waals surface area contributed by atoms with E-state index in [2.05, 4.69) is 0 Å². The molecule has 0 saturated carbocycles. The first-order valence-corrected chi connectivity index (χ1v) is 6.92. The summed E-state index contributed by atoms with van der Waals surface area (Å²) >= 11 is 0. The quantitative estimate of drug-likeness (QED) is 0.530. The maximum absolute atomic E-state index is 11.3. The standard InChI is InChI=1S/C18H9N3O3/c19-10-13-8-16(21(22)23)18(9-14(13)11-20)24-17-7-3-5-12-4-1-2-6-15(12)17/h1-9H. The van der Waals surface area contributed by atoms with Crippen LogP contribution in [0.2, 0.25) is 0 Å². The zero-order chi connectivity index (χ0) is 17.1.